The maximum atomic E-state index is 12.7. The van der Waals surface area contributed by atoms with Gasteiger partial charge in [0.2, 0.25) is 0 Å². The van der Waals surface area contributed by atoms with Crippen LogP contribution in [-0.2, 0) is 0 Å². The van der Waals surface area contributed by atoms with E-state index in [1.165, 1.54) is 0 Å². The molecule has 1 aromatic heterocycles. The smallest absolute Gasteiger partial charge is 0.195 e. The van der Waals surface area contributed by atoms with Gasteiger partial charge < -0.3 is 9.72 Å². The van der Waals surface area contributed by atoms with Gasteiger partial charge in [-0.05, 0) is 49.4 Å². The fourth-order valence-corrected chi connectivity index (χ4v) is 2.60. The van der Waals surface area contributed by atoms with Crippen molar-refractivity contribution in [3.05, 3.63) is 64.3 Å². The molecule has 0 amide bonds. The molecule has 3 aromatic rings. The van der Waals surface area contributed by atoms with Crippen molar-refractivity contribution in [3.8, 4) is 5.75 Å². The number of ketones is 1. The molecule has 0 bridgehead atoms. The predicted molar refractivity (Wildman–Crippen MR) is 84.5 cm³/mol. The topological polar surface area (TPSA) is 42.1 Å². The molecule has 0 unspecified atom stereocenters. The van der Waals surface area contributed by atoms with Crippen LogP contribution in [0.3, 0.4) is 0 Å². The van der Waals surface area contributed by atoms with Gasteiger partial charge in [-0.1, -0.05) is 11.6 Å². The van der Waals surface area contributed by atoms with Gasteiger partial charge >= 0.3 is 0 Å². The Balaban J connectivity index is 2.16. The van der Waals surface area contributed by atoms with Crippen LogP contribution < -0.4 is 4.74 Å². The second-order valence-corrected chi connectivity index (χ2v) is 5.31. The number of aromatic nitrogens is 1. The van der Waals surface area contributed by atoms with E-state index in [4.69, 9.17) is 16.3 Å². The van der Waals surface area contributed by atoms with Crippen LogP contribution in [0, 0.1) is 6.92 Å². The molecule has 1 heterocycles. The first-order chi connectivity index (χ1) is 10.1. The van der Waals surface area contributed by atoms with Crippen molar-refractivity contribution >= 4 is 28.3 Å². The zero-order valence-corrected chi connectivity index (χ0v) is 12.5. The summed E-state index contributed by atoms with van der Waals surface area (Å²) in [5, 5.41) is 1.48. The molecule has 0 aliphatic carbocycles. The summed E-state index contributed by atoms with van der Waals surface area (Å²) >= 11 is 5.87. The number of hydrogen-bond acceptors (Lipinski definition) is 2. The van der Waals surface area contributed by atoms with Gasteiger partial charge in [0.15, 0.2) is 5.78 Å². The molecular weight excluding hydrogens is 286 g/mol. The third-order valence-electron chi connectivity index (χ3n) is 3.53. The van der Waals surface area contributed by atoms with Gasteiger partial charge in [-0.3, -0.25) is 4.79 Å². The minimum Gasteiger partial charge on any atom is -0.497 e. The molecule has 4 heteroatoms. The Morgan fingerprint density at radius 2 is 1.86 bits per heavy atom. The van der Waals surface area contributed by atoms with E-state index in [9.17, 15) is 4.79 Å². The highest BCUT2D eigenvalue weighted by Gasteiger charge is 2.18. The lowest BCUT2D eigenvalue weighted by Gasteiger charge is -2.03. The van der Waals surface area contributed by atoms with Crippen LogP contribution >= 0.6 is 11.6 Å². The third kappa shape index (κ3) is 2.41. The molecule has 3 rings (SSSR count). The summed E-state index contributed by atoms with van der Waals surface area (Å²) in [5.41, 5.74) is 3.06. The summed E-state index contributed by atoms with van der Waals surface area (Å²) < 4.78 is 5.25. The molecule has 106 valence electrons. The number of aryl methyl sites for hydroxylation is 1. The Morgan fingerprint density at radius 1 is 1.14 bits per heavy atom. The second kappa shape index (κ2) is 5.26. The normalized spacial score (nSPS) is 10.8. The van der Waals surface area contributed by atoms with Crippen LogP contribution in [0.1, 0.15) is 21.6 Å². The molecule has 1 N–H and O–H groups in total. The van der Waals surface area contributed by atoms with Gasteiger partial charge in [-0.2, -0.15) is 0 Å². The number of carbonyl (C=O) groups is 1. The Labute approximate surface area is 127 Å². The van der Waals surface area contributed by atoms with Crippen molar-refractivity contribution in [1.82, 2.24) is 4.98 Å². The number of ether oxygens (including phenoxy) is 1. The Hall–Kier alpha value is -2.26. The zero-order chi connectivity index (χ0) is 15.0. The van der Waals surface area contributed by atoms with E-state index in [1.54, 1.807) is 31.4 Å². The molecule has 0 fully saturated rings. The van der Waals surface area contributed by atoms with Crippen LogP contribution in [0.15, 0.2) is 42.5 Å². The van der Waals surface area contributed by atoms with Gasteiger partial charge in [0.1, 0.15) is 5.75 Å². The van der Waals surface area contributed by atoms with E-state index in [1.807, 2.05) is 25.1 Å². The van der Waals surface area contributed by atoms with Crippen molar-refractivity contribution < 1.29 is 9.53 Å². The minimum absolute atomic E-state index is 0.0244. The van der Waals surface area contributed by atoms with Crippen LogP contribution in [0.2, 0.25) is 5.02 Å². The average molecular weight is 300 g/mol. The Kier molecular flexibility index (Phi) is 3.43. The number of carbonyl (C=O) groups excluding carboxylic acids is 1. The summed E-state index contributed by atoms with van der Waals surface area (Å²) in [6.07, 6.45) is 0. The summed E-state index contributed by atoms with van der Waals surface area (Å²) in [7, 11) is 1.61. The number of rotatable bonds is 3. The lowest BCUT2D eigenvalue weighted by atomic mass is 10.0. The van der Waals surface area contributed by atoms with Gasteiger partial charge in [-0.25, -0.2) is 0 Å². The highest BCUT2D eigenvalue weighted by molar-refractivity contribution is 6.30. The van der Waals surface area contributed by atoms with E-state index in [0.717, 1.165) is 22.3 Å². The van der Waals surface area contributed by atoms with Crippen LogP contribution in [0.5, 0.6) is 5.75 Å². The van der Waals surface area contributed by atoms with E-state index in [2.05, 4.69) is 4.98 Å². The van der Waals surface area contributed by atoms with Crippen molar-refractivity contribution in [1.29, 1.82) is 0 Å². The summed E-state index contributed by atoms with van der Waals surface area (Å²) in [4.78, 5) is 16.0. The molecule has 0 radical (unpaired) electrons. The number of aromatic amines is 1. The van der Waals surface area contributed by atoms with E-state index in [-0.39, 0.29) is 5.78 Å². The number of nitrogens with one attached hydrogen (secondary N) is 1. The SMILES string of the molecule is COc1ccc2[nH]c(C)c(C(=O)c3ccc(Cl)cc3)c2c1. The number of benzene rings is 2. The lowest BCUT2D eigenvalue weighted by Crippen LogP contribution is -2.02. The molecule has 0 saturated carbocycles. The largest absolute Gasteiger partial charge is 0.497 e. The fraction of sp³-hybridized carbons (Fsp3) is 0.118. The van der Waals surface area contributed by atoms with Crippen molar-refractivity contribution in [3.63, 3.8) is 0 Å². The monoisotopic (exact) mass is 299 g/mol. The highest BCUT2D eigenvalue weighted by atomic mass is 35.5. The van der Waals surface area contributed by atoms with E-state index in [0.29, 0.717) is 16.1 Å². The highest BCUT2D eigenvalue weighted by Crippen LogP contribution is 2.28. The van der Waals surface area contributed by atoms with Gasteiger partial charge in [0, 0.05) is 27.2 Å². The first kappa shape index (κ1) is 13.7. The molecule has 0 aliphatic rings. The summed E-state index contributed by atoms with van der Waals surface area (Å²) in [6, 6.07) is 12.6. The lowest BCUT2D eigenvalue weighted by molar-refractivity contribution is 0.104. The number of H-pyrrole nitrogens is 1. The second-order valence-electron chi connectivity index (χ2n) is 4.87. The molecule has 0 saturated heterocycles. The van der Waals surface area contributed by atoms with E-state index < -0.39 is 0 Å². The van der Waals surface area contributed by atoms with Crippen molar-refractivity contribution in [2.45, 2.75) is 6.92 Å². The van der Waals surface area contributed by atoms with Crippen molar-refractivity contribution in [2.75, 3.05) is 7.11 Å². The molecular formula is C17H14ClNO2. The van der Waals surface area contributed by atoms with Gasteiger partial charge in [0.25, 0.3) is 0 Å². The maximum absolute atomic E-state index is 12.7. The standard InChI is InChI=1S/C17H14ClNO2/c1-10-16(17(20)11-3-5-12(18)6-4-11)14-9-13(21-2)7-8-15(14)19-10/h3-9,19H,1-2H3. The number of fused-ring (bicyclic) bond motifs is 1. The predicted octanol–water partition coefficient (Wildman–Crippen LogP) is 4.37. The van der Waals surface area contributed by atoms with Crippen LogP contribution in [-0.4, -0.2) is 17.9 Å². The van der Waals surface area contributed by atoms with Crippen LogP contribution in [0.4, 0.5) is 0 Å². The number of halogens is 1. The first-order valence-electron chi connectivity index (χ1n) is 6.56. The number of hydrogen-bond donors (Lipinski definition) is 1. The molecule has 21 heavy (non-hydrogen) atoms. The summed E-state index contributed by atoms with van der Waals surface area (Å²) in [5.74, 6) is 0.704. The zero-order valence-electron chi connectivity index (χ0n) is 11.7. The molecule has 0 spiro atoms. The van der Waals surface area contributed by atoms with E-state index >= 15 is 0 Å². The number of methoxy groups -OCH3 is 1. The molecule has 3 nitrogen and oxygen atoms in total. The summed E-state index contributed by atoms with van der Waals surface area (Å²) in [6.45, 7) is 1.90. The maximum Gasteiger partial charge on any atom is 0.195 e. The third-order valence-corrected chi connectivity index (χ3v) is 3.78. The fourth-order valence-electron chi connectivity index (χ4n) is 2.47. The first-order valence-corrected chi connectivity index (χ1v) is 6.94. The van der Waals surface area contributed by atoms with Crippen molar-refractivity contribution in [2.24, 2.45) is 0 Å². The molecule has 0 aliphatic heterocycles. The Bertz CT molecular complexity index is 819. The minimum atomic E-state index is -0.0244. The van der Waals surface area contributed by atoms with Gasteiger partial charge in [0.05, 0.1) is 12.7 Å². The van der Waals surface area contributed by atoms with Gasteiger partial charge in [-0.15, -0.1) is 0 Å². The average Bonchev–Trinajstić information content (AvgIpc) is 2.82. The quantitative estimate of drug-likeness (QED) is 0.730. The molecule has 2 aromatic carbocycles. The Morgan fingerprint density at radius 3 is 2.52 bits per heavy atom. The molecule has 0 atom stereocenters. The van der Waals surface area contributed by atoms with Crippen LogP contribution in [0.25, 0.3) is 10.9 Å².